The molecule has 182 valence electrons. The van der Waals surface area contributed by atoms with E-state index in [0.29, 0.717) is 43.1 Å². The SMILES string of the molecule is Cn1nccc1C(=O)N[C@@H](COC(C)(C)C)C(=O)Nc1ccc2c(c1)NC(=O)C21CCOCC1. The largest absolute Gasteiger partial charge is 0.381 e. The quantitative estimate of drug-likeness (QED) is 0.594. The zero-order valence-electron chi connectivity index (χ0n) is 19.9. The minimum Gasteiger partial charge on any atom is -0.381 e. The molecular weight excluding hydrogens is 438 g/mol. The van der Waals surface area contributed by atoms with Gasteiger partial charge in [0.1, 0.15) is 11.7 Å². The minimum absolute atomic E-state index is 0.0102. The van der Waals surface area contributed by atoms with Gasteiger partial charge in [0.15, 0.2) is 0 Å². The summed E-state index contributed by atoms with van der Waals surface area (Å²) in [6.45, 7) is 6.69. The molecule has 3 amide bonds. The molecule has 1 aromatic carbocycles. The number of rotatable bonds is 6. The minimum atomic E-state index is -0.939. The van der Waals surface area contributed by atoms with Crippen molar-refractivity contribution in [2.45, 2.75) is 50.7 Å². The number of nitrogens with one attached hydrogen (secondary N) is 3. The Labute approximate surface area is 198 Å². The van der Waals surface area contributed by atoms with E-state index < -0.39 is 28.9 Å². The molecule has 1 fully saturated rings. The van der Waals surface area contributed by atoms with Crippen molar-refractivity contribution in [1.82, 2.24) is 15.1 Å². The molecule has 2 aliphatic rings. The summed E-state index contributed by atoms with van der Waals surface area (Å²) in [7, 11) is 1.65. The Kier molecular flexibility index (Phi) is 6.46. The lowest BCUT2D eigenvalue weighted by molar-refractivity contribution is -0.124. The summed E-state index contributed by atoms with van der Waals surface area (Å²) in [5.41, 5.74) is 1.39. The standard InChI is InChI=1S/C24H31N5O5/c1-23(2,3)34-14-18(27-21(31)19-7-10-25-29(19)4)20(30)26-15-5-6-16-17(13-15)28-22(32)24(16)8-11-33-12-9-24/h5-7,10,13,18H,8-9,11-12,14H2,1-4H3,(H,26,30)(H,27,31)(H,28,32)/t18-/m0/s1. The molecule has 2 aromatic rings. The van der Waals surface area contributed by atoms with Crippen LogP contribution < -0.4 is 16.0 Å². The second-order valence-corrected chi connectivity index (χ2v) is 9.69. The number of fused-ring (bicyclic) bond motifs is 2. The lowest BCUT2D eigenvalue weighted by Gasteiger charge is -2.31. The first-order valence-electron chi connectivity index (χ1n) is 11.4. The van der Waals surface area contributed by atoms with Crippen LogP contribution in [0.5, 0.6) is 0 Å². The van der Waals surface area contributed by atoms with E-state index in [0.717, 1.165) is 5.56 Å². The average molecular weight is 470 g/mol. The van der Waals surface area contributed by atoms with Crippen LogP contribution in [0.1, 0.15) is 49.7 Å². The maximum atomic E-state index is 13.1. The number of nitrogens with zero attached hydrogens (tertiary/aromatic N) is 2. The lowest BCUT2D eigenvalue weighted by atomic mass is 9.75. The summed E-state index contributed by atoms with van der Waals surface area (Å²) < 4.78 is 12.7. The summed E-state index contributed by atoms with van der Waals surface area (Å²) in [6.07, 6.45) is 2.77. The summed E-state index contributed by atoms with van der Waals surface area (Å²) >= 11 is 0. The number of aryl methyl sites for hydroxylation is 1. The van der Waals surface area contributed by atoms with Crippen molar-refractivity contribution < 1.29 is 23.9 Å². The fourth-order valence-electron chi connectivity index (χ4n) is 4.30. The smallest absolute Gasteiger partial charge is 0.270 e. The highest BCUT2D eigenvalue weighted by atomic mass is 16.5. The molecule has 0 aliphatic carbocycles. The Morgan fingerprint density at radius 3 is 2.65 bits per heavy atom. The molecule has 2 aliphatic heterocycles. The number of ether oxygens (including phenoxy) is 2. The van der Waals surface area contributed by atoms with E-state index in [9.17, 15) is 14.4 Å². The van der Waals surface area contributed by atoms with Gasteiger partial charge >= 0.3 is 0 Å². The van der Waals surface area contributed by atoms with Gasteiger partial charge in [-0.25, -0.2) is 0 Å². The molecule has 0 unspecified atom stereocenters. The summed E-state index contributed by atoms with van der Waals surface area (Å²) in [5, 5.41) is 12.5. The van der Waals surface area contributed by atoms with Gasteiger partial charge in [0, 0.05) is 37.8 Å². The van der Waals surface area contributed by atoms with Gasteiger partial charge in [-0.1, -0.05) is 6.07 Å². The van der Waals surface area contributed by atoms with Crippen molar-refractivity contribution in [3.8, 4) is 0 Å². The Morgan fingerprint density at radius 2 is 2.00 bits per heavy atom. The molecular formula is C24H31N5O5. The predicted octanol–water partition coefficient (Wildman–Crippen LogP) is 1.97. The molecule has 1 atom stereocenters. The maximum Gasteiger partial charge on any atom is 0.270 e. The Balaban J connectivity index is 1.51. The van der Waals surface area contributed by atoms with Crippen LogP contribution >= 0.6 is 0 Å². The van der Waals surface area contributed by atoms with Crippen molar-refractivity contribution in [2.75, 3.05) is 30.5 Å². The van der Waals surface area contributed by atoms with E-state index in [1.807, 2.05) is 26.8 Å². The van der Waals surface area contributed by atoms with Gasteiger partial charge in [0.25, 0.3) is 5.91 Å². The highest BCUT2D eigenvalue weighted by Gasteiger charge is 2.47. The lowest BCUT2D eigenvalue weighted by Crippen LogP contribution is -2.48. The van der Waals surface area contributed by atoms with E-state index in [-0.39, 0.29) is 12.5 Å². The molecule has 0 radical (unpaired) electrons. The van der Waals surface area contributed by atoms with Gasteiger partial charge in [-0.2, -0.15) is 5.10 Å². The Bertz CT molecular complexity index is 1100. The van der Waals surface area contributed by atoms with E-state index in [4.69, 9.17) is 9.47 Å². The first kappa shape index (κ1) is 23.9. The molecule has 3 heterocycles. The first-order valence-corrected chi connectivity index (χ1v) is 11.4. The van der Waals surface area contributed by atoms with Crippen molar-refractivity contribution in [3.63, 3.8) is 0 Å². The normalized spacial score (nSPS) is 17.7. The summed E-state index contributed by atoms with van der Waals surface area (Å²) in [4.78, 5) is 38.6. The van der Waals surface area contributed by atoms with Crippen LogP contribution in [-0.4, -0.2) is 59.0 Å². The van der Waals surface area contributed by atoms with Crippen molar-refractivity contribution in [2.24, 2.45) is 7.05 Å². The van der Waals surface area contributed by atoms with Gasteiger partial charge in [0.2, 0.25) is 11.8 Å². The number of carbonyl (C=O) groups excluding carboxylic acids is 3. The van der Waals surface area contributed by atoms with Crippen molar-refractivity contribution in [1.29, 1.82) is 0 Å². The Hall–Kier alpha value is -3.24. The third-order valence-electron chi connectivity index (χ3n) is 6.19. The van der Waals surface area contributed by atoms with Gasteiger partial charge in [-0.05, 0) is 57.4 Å². The molecule has 0 saturated carbocycles. The van der Waals surface area contributed by atoms with Crippen LogP contribution in [0.15, 0.2) is 30.5 Å². The number of amides is 3. The molecule has 0 bridgehead atoms. The summed E-state index contributed by atoms with van der Waals surface area (Å²) in [5.74, 6) is -0.890. The third-order valence-corrected chi connectivity index (χ3v) is 6.19. The number of hydrogen-bond acceptors (Lipinski definition) is 6. The highest BCUT2D eigenvalue weighted by molar-refractivity contribution is 6.07. The van der Waals surface area contributed by atoms with Gasteiger partial charge < -0.3 is 25.4 Å². The van der Waals surface area contributed by atoms with Crippen LogP contribution in [0.2, 0.25) is 0 Å². The van der Waals surface area contributed by atoms with Gasteiger partial charge in [-0.3, -0.25) is 19.1 Å². The highest BCUT2D eigenvalue weighted by Crippen LogP contribution is 2.45. The monoisotopic (exact) mass is 469 g/mol. The van der Waals surface area contributed by atoms with E-state index >= 15 is 0 Å². The zero-order chi connectivity index (χ0) is 24.5. The number of aromatic nitrogens is 2. The predicted molar refractivity (Wildman–Crippen MR) is 126 cm³/mol. The molecule has 1 saturated heterocycles. The molecule has 10 heteroatoms. The molecule has 1 aromatic heterocycles. The number of carbonyl (C=O) groups is 3. The molecule has 3 N–H and O–H groups in total. The molecule has 1 spiro atoms. The number of hydrogen-bond donors (Lipinski definition) is 3. The molecule has 34 heavy (non-hydrogen) atoms. The van der Waals surface area contributed by atoms with Crippen LogP contribution in [0, 0.1) is 0 Å². The maximum absolute atomic E-state index is 13.1. The second kappa shape index (κ2) is 9.19. The first-order chi connectivity index (χ1) is 16.1. The fraction of sp³-hybridized carbons (Fsp3) is 0.500. The van der Waals surface area contributed by atoms with Crippen LogP contribution in [-0.2, 0) is 31.5 Å². The number of benzene rings is 1. The van der Waals surface area contributed by atoms with Crippen molar-refractivity contribution >= 4 is 29.1 Å². The van der Waals surface area contributed by atoms with E-state index in [2.05, 4.69) is 21.0 Å². The molecule has 4 rings (SSSR count). The zero-order valence-corrected chi connectivity index (χ0v) is 19.9. The number of anilines is 2. The van der Waals surface area contributed by atoms with Crippen LogP contribution in [0.25, 0.3) is 0 Å². The Morgan fingerprint density at radius 1 is 1.26 bits per heavy atom. The van der Waals surface area contributed by atoms with Crippen LogP contribution in [0.4, 0.5) is 11.4 Å². The average Bonchev–Trinajstić information content (AvgIpc) is 3.32. The van der Waals surface area contributed by atoms with E-state index in [1.54, 1.807) is 25.2 Å². The van der Waals surface area contributed by atoms with Gasteiger partial charge in [-0.15, -0.1) is 0 Å². The summed E-state index contributed by atoms with van der Waals surface area (Å²) in [6, 6.07) is 6.04. The fourth-order valence-corrected chi connectivity index (χ4v) is 4.30. The molecule has 10 nitrogen and oxygen atoms in total. The van der Waals surface area contributed by atoms with E-state index in [1.165, 1.54) is 10.9 Å². The third kappa shape index (κ3) is 4.83. The van der Waals surface area contributed by atoms with Crippen LogP contribution in [0.3, 0.4) is 0 Å². The van der Waals surface area contributed by atoms with Crippen molar-refractivity contribution in [3.05, 3.63) is 41.7 Å². The second-order valence-electron chi connectivity index (χ2n) is 9.69. The topological polar surface area (TPSA) is 124 Å². The van der Waals surface area contributed by atoms with Gasteiger partial charge in [0.05, 0.1) is 17.6 Å².